The lowest BCUT2D eigenvalue weighted by molar-refractivity contribution is 0.284. The first-order valence-electron chi connectivity index (χ1n) is 11.3. The van der Waals surface area contributed by atoms with Crippen molar-refractivity contribution in [3.8, 4) is 11.5 Å². The van der Waals surface area contributed by atoms with Crippen molar-refractivity contribution in [2.24, 2.45) is 0 Å². The second-order valence-electron chi connectivity index (χ2n) is 8.21. The summed E-state index contributed by atoms with van der Waals surface area (Å²) in [6.45, 7) is 0.475. The van der Waals surface area contributed by atoms with Crippen molar-refractivity contribution in [1.29, 1.82) is 0 Å². The molecule has 0 radical (unpaired) electrons. The molecule has 1 N–H and O–H groups in total. The van der Waals surface area contributed by atoms with Gasteiger partial charge in [0.2, 0.25) is 0 Å². The average Bonchev–Trinajstić information content (AvgIpc) is 3.04. The van der Waals surface area contributed by atoms with Crippen LogP contribution in [0.25, 0.3) is 22.4 Å². The van der Waals surface area contributed by atoms with E-state index in [1.54, 1.807) is 18.4 Å². The third-order valence-corrected chi connectivity index (χ3v) is 7.14. The molecule has 0 bridgehead atoms. The van der Waals surface area contributed by atoms with Gasteiger partial charge in [0.25, 0.3) is 5.56 Å². The van der Waals surface area contributed by atoms with Gasteiger partial charge >= 0.3 is 0 Å². The van der Waals surface area contributed by atoms with E-state index in [0.29, 0.717) is 23.9 Å². The molecule has 0 saturated heterocycles. The molecule has 1 aliphatic rings. The van der Waals surface area contributed by atoms with Crippen LogP contribution >= 0.6 is 11.3 Å². The summed E-state index contributed by atoms with van der Waals surface area (Å²) in [5, 5.41) is 0.788. The molecule has 5 rings (SSSR count). The van der Waals surface area contributed by atoms with Crippen molar-refractivity contribution < 1.29 is 9.47 Å². The number of ether oxygens (including phenoxy) is 2. The van der Waals surface area contributed by atoms with Gasteiger partial charge in [-0.3, -0.25) is 4.79 Å². The Bertz CT molecular complexity index is 1360. The molecule has 0 amide bonds. The van der Waals surface area contributed by atoms with Crippen LogP contribution in [0.2, 0.25) is 0 Å². The average molecular weight is 459 g/mol. The SMILES string of the molecule is COc1cc(/C=C/c2nc3sc4c(c3c(=O)[nH]2)CCCCC4)ccc1OCc1ccccc1. The Morgan fingerprint density at radius 2 is 1.88 bits per heavy atom. The third-order valence-electron chi connectivity index (χ3n) is 5.95. The molecule has 0 unspecified atom stereocenters. The molecule has 5 nitrogen and oxygen atoms in total. The zero-order valence-corrected chi connectivity index (χ0v) is 19.4. The Balaban J connectivity index is 1.37. The number of aryl methyl sites for hydroxylation is 2. The van der Waals surface area contributed by atoms with Crippen LogP contribution in [-0.2, 0) is 19.4 Å². The quantitative estimate of drug-likeness (QED) is 0.359. The third kappa shape index (κ3) is 4.71. The Morgan fingerprint density at radius 1 is 1.03 bits per heavy atom. The van der Waals surface area contributed by atoms with Gasteiger partial charge in [-0.2, -0.15) is 0 Å². The molecule has 0 aliphatic heterocycles. The molecule has 0 fully saturated rings. The second kappa shape index (κ2) is 9.63. The standard InChI is InChI=1S/C27H26N2O3S/c1-31-22-16-18(12-14-21(22)32-17-19-8-4-2-5-9-19)13-15-24-28-26(30)25-20-10-6-3-7-11-23(20)33-27(25)29-24/h2,4-5,8-9,12-16H,3,6-7,10-11,17H2,1H3,(H,28,29,30)/b15-13+. The van der Waals surface area contributed by atoms with Gasteiger partial charge < -0.3 is 14.5 Å². The maximum absolute atomic E-state index is 12.8. The van der Waals surface area contributed by atoms with Crippen LogP contribution in [0.3, 0.4) is 0 Å². The number of hydrogen-bond donors (Lipinski definition) is 1. The first kappa shape index (κ1) is 21.5. The molecular weight excluding hydrogens is 432 g/mol. The predicted molar refractivity (Wildman–Crippen MR) is 134 cm³/mol. The van der Waals surface area contributed by atoms with Gasteiger partial charge in [-0.25, -0.2) is 4.98 Å². The monoisotopic (exact) mass is 458 g/mol. The first-order valence-corrected chi connectivity index (χ1v) is 12.1. The molecule has 2 aromatic heterocycles. The van der Waals surface area contributed by atoms with Crippen molar-refractivity contribution >= 4 is 33.7 Å². The molecule has 2 aromatic carbocycles. The van der Waals surface area contributed by atoms with Crippen LogP contribution in [-0.4, -0.2) is 17.1 Å². The van der Waals surface area contributed by atoms with Crippen LogP contribution in [0.15, 0.2) is 53.3 Å². The van der Waals surface area contributed by atoms with E-state index in [1.807, 2.05) is 60.7 Å². The number of H-pyrrole nitrogens is 1. The summed E-state index contributed by atoms with van der Waals surface area (Å²) in [6.07, 6.45) is 9.36. The normalized spacial score (nSPS) is 13.7. The second-order valence-corrected chi connectivity index (χ2v) is 9.30. The highest BCUT2D eigenvalue weighted by Gasteiger charge is 2.18. The highest BCUT2D eigenvalue weighted by atomic mass is 32.1. The van der Waals surface area contributed by atoms with Crippen molar-refractivity contribution in [3.05, 3.63) is 86.3 Å². The van der Waals surface area contributed by atoms with Gasteiger partial charge in [0.05, 0.1) is 12.5 Å². The zero-order chi connectivity index (χ0) is 22.6. The summed E-state index contributed by atoms with van der Waals surface area (Å²) in [7, 11) is 1.63. The minimum atomic E-state index is -0.0405. The van der Waals surface area contributed by atoms with Gasteiger partial charge in [0.15, 0.2) is 11.5 Å². The molecular formula is C27H26N2O3S. The number of benzene rings is 2. The molecule has 0 saturated carbocycles. The summed E-state index contributed by atoms with van der Waals surface area (Å²) in [4.78, 5) is 22.7. The van der Waals surface area contributed by atoms with Gasteiger partial charge in [-0.1, -0.05) is 48.9 Å². The topological polar surface area (TPSA) is 64.2 Å². The number of hydrogen-bond acceptors (Lipinski definition) is 5. The lowest BCUT2D eigenvalue weighted by atomic mass is 10.1. The number of thiophene rings is 1. The van der Waals surface area contributed by atoms with Crippen molar-refractivity contribution in [2.45, 2.75) is 38.7 Å². The molecule has 33 heavy (non-hydrogen) atoms. The number of aromatic amines is 1. The van der Waals surface area contributed by atoms with E-state index in [-0.39, 0.29) is 5.56 Å². The largest absolute Gasteiger partial charge is 0.493 e. The Morgan fingerprint density at radius 3 is 2.73 bits per heavy atom. The molecule has 168 valence electrons. The maximum Gasteiger partial charge on any atom is 0.260 e. The Kier molecular flexibility index (Phi) is 6.26. The van der Waals surface area contributed by atoms with Crippen molar-refractivity contribution in [1.82, 2.24) is 9.97 Å². The number of nitrogens with zero attached hydrogens (tertiary/aromatic N) is 1. The van der Waals surface area contributed by atoms with Gasteiger partial charge in [-0.05, 0) is 60.6 Å². The number of rotatable bonds is 6. The highest BCUT2D eigenvalue weighted by molar-refractivity contribution is 7.18. The van der Waals surface area contributed by atoms with E-state index in [0.717, 1.165) is 40.6 Å². The van der Waals surface area contributed by atoms with E-state index in [2.05, 4.69) is 4.98 Å². The molecule has 0 atom stereocenters. The fourth-order valence-corrected chi connectivity index (χ4v) is 5.52. The summed E-state index contributed by atoms with van der Waals surface area (Å²) >= 11 is 1.67. The number of methoxy groups -OCH3 is 1. The fraction of sp³-hybridized carbons (Fsp3) is 0.259. The molecule has 0 spiro atoms. The van der Waals surface area contributed by atoms with E-state index >= 15 is 0 Å². The minimum Gasteiger partial charge on any atom is -0.493 e. The summed E-state index contributed by atoms with van der Waals surface area (Å²) in [6, 6.07) is 15.8. The van der Waals surface area contributed by atoms with E-state index in [9.17, 15) is 4.79 Å². The number of aromatic nitrogens is 2. The van der Waals surface area contributed by atoms with Gasteiger partial charge in [-0.15, -0.1) is 11.3 Å². The van der Waals surface area contributed by atoms with Crippen molar-refractivity contribution in [3.63, 3.8) is 0 Å². The number of nitrogens with one attached hydrogen (secondary N) is 1. The van der Waals surface area contributed by atoms with E-state index in [4.69, 9.17) is 14.5 Å². The first-order chi connectivity index (χ1) is 16.2. The molecule has 2 heterocycles. The summed E-state index contributed by atoms with van der Waals surface area (Å²) < 4.78 is 11.5. The van der Waals surface area contributed by atoms with Crippen LogP contribution in [0.1, 0.15) is 46.7 Å². The Labute approximate surface area is 196 Å². The number of fused-ring (bicyclic) bond motifs is 3. The minimum absolute atomic E-state index is 0.0405. The molecule has 1 aliphatic carbocycles. The summed E-state index contributed by atoms with van der Waals surface area (Å²) in [5.41, 5.74) is 3.21. The van der Waals surface area contributed by atoms with E-state index in [1.165, 1.54) is 23.3 Å². The van der Waals surface area contributed by atoms with Crippen LogP contribution < -0.4 is 15.0 Å². The fourth-order valence-electron chi connectivity index (χ4n) is 4.25. The molecule has 6 heteroatoms. The van der Waals surface area contributed by atoms with Crippen molar-refractivity contribution in [2.75, 3.05) is 7.11 Å². The van der Waals surface area contributed by atoms with Crippen LogP contribution in [0.4, 0.5) is 0 Å². The van der Waals surface area contributed by atoms with Gasteiger partial charge in [0.1, 0.15) is 17.3 Å². The van der Waals surface area contributed by atoms with Crippen LogP contribution in [0, 0.1) is 0 Å². The lowest BCUT2D eigenvalue weighted by Crippen LogP contribution is -2.10. The maximum atomic E-state index is 12.8. The van der Waals surface area contributed by atoms with E-state index < -0.39 is 0 Å². The Hall–Kier alpha value is -3.38. The summed E-state index contributed by atoms with van der Waals surface area (Å²) in [5.74, 6) is 1.91. The van der Waals surface area contributed by atoms with Crippen LogP contribution in [0.5, 0.6) is 11.5 Å². The zero-order valence-electron chi connectivity index (χ0n) is 18.6. The molecule has 4 aromatic rings. The smallest absolute Gasteiger partial charge is 0.260 e. The predicted octanol–water partition coefficient (Wildman–Crippen LogP) is 6.01. The highest BCUT2D eigenvalue weighted by Crippen LogP contribution is 2.33. The lowest BCUT2D eigenvalue weighted by Gasteiger charge is -2.11. The van der Waals surface area contributed by atoms with Gasteiger partial charge in [0, 0.05) is 4.88 Å².